The standard InChI is InChI=1S/C17H20N2O2/c1-3-19(4-2)17(20)13-10-11-16(15(18)12-13)21-14-8-6-5-7-9-14/h5-12H,3-4,18H2,1-2H3. The molecule has 0 unspecified atom stereocenters. The van der Waals surface area contributed by atoms with Crippen molar-refractivity contribution in [2.75, 3.05) is 18.8 Å². The largest absolute Gasteiger partial charge is 0.455 e. The van der Waals surface area contributed by atoms with Crippen molar-refractivity contribution in [1.29, 1.82) is 0 Å². The van der Waals surface area contributed by atoms with Crippen LogP contribution >= 0.6 is 0 Å². The van der Waals surface area contributed by atoms with Crippen molar-refractivity contribution in [2.24, 2.45) is 0 Å². The quantitative estimate of drug-likeness (QED) is 0.854. The van der Waals surface area contributed by atoms with Gasteiger partial charge in [0.05, 0.1) is 5.69 Å². The Bertz CT molecular complexity index is 607. The zero-order valence-corrected chi connectivity index (χ0v) is 12.4. The second kappa shape index (κ2) is 6.79. The minimum atomic E-state index is -0.0158. The Morgan fingerprint density at radius 1 is 1.10 bits per heavy atom. The van der Waals surface area contributed by atoms with Crippen LogP contribution in [0.15, 0.2) is 48.5 Å². The van der Waals surface area contributed by atoms with Crippen molar-refractivity contribution >= 4 is 11.6 Å². The fourth-order valence-electron chi connectivity index (χ4n) is 2.08. The van der Waals surface area contributed by atoms with E-state index in [-0.39, 0.29) is 5.91 Å². The lowest BCUT2D eigenvalue weighted by Crippen LogP contribution is -2.30. The highest BCUT2D eigenvalue weighted by atomic mass is 16.5. The normalized spacial score (nSPS) is 10.2. The van der Waals surface area contributed by atoms with Crippen LogP contribution in [0.5, 0.6) is 11.5 Å². The van der Waals surface area contributed by atoms with E-state index in [9.17, 15) is 4.79 Å². The van der Waals surface area contributed by atoms with E-state index in [4.69, 9.17) is 10.5 Å². The number of amides is 1. The van der Waals surface area contributed by atoms with E-state index in [1.165, 1.54) is 0 Å². The average Bonchev–Trinajstić information content (AvgIpc) is 2.51. The number of benzene rings is 2. The summed E-state index contributed by atoms with van der Waals surface area (Å²) in [4.78, 5) is 14.0. The van der Waals surface area contributed by atoms with Gasteiger partial charge >= 0.3 is 0 Å². The molecule has 0 radical (unpaired) electrons. The molecule has 1 amide bonds. The highest BCUT2D eigenvalue weighted by molar-refractivity contribution is 5.95. The van der Waals surface area contributed by atoms with Gasteiger partial charge in [-0.25, -0.2) is 0 Å². The number of anilines is 1. The third kappa shape index (κ3) is 3.54. The minimum Gasteiger partial charge on any atom is -0.455 e. The van der Waals surface area contributed by atoms with Gasteiger partial charge in [-0.15, -0.1) is 0 Å². The van der Waals surface area contributed by atoms with E-state index in [0.29, 0.717) is 35.8 Å². The topological polar surface area (TPSA) is 55.6 Å². The first-order valence-electron chi connectivity index (χ1n) is 7.07. The first kappa shape index (κ1) is 14.9. The Kier molecular flexibility index (Phi) is 4.82. The lowest BCUT2D eigenvalue weighted by atomic mass is 10.1. The van der Waals surface area contributed by atoms with Gasteiger partial charge in [0.1, 0.15) is 11.5 Å². The monoisotopic (exact) mass is 284 g/mol. The van der Waals surface area contributed by atoms with Crippen LogP contribution in [-0.4, -0.2) is 23.9 Å². The molecule has 0 fully saturated rings. The average molecular weight is 284 g/mol. The maximum atomic E-state index is 12.3. The van der Waals surface area contributed by atoms with Crippen LogP contribution in [0.25, 0.3) is 0 Å². The summed E-state index contributed by atoms with van der Waals surface area (Å²) in [6.45, 7) is 5.27. The summed E-state index contributed by atoms with van der Waals surface area (Å²) < 4.78 is 5.71. The summed E-state index contributed by atoms with van der Waals surface area (Å²) in [6, 6.07) is 14.6. The Balaban J connectivity index is 2.19. The first-order chi connectivity index (χ1) is 10.2. The molecule has 4 heteroatoms. The number of nitrogens with zero attached hydrogens (tertiary/aromatic N) is 1. The maximum Gasteiger partial charge on any atom is 0.253 e. The van der Waals surface area contributed by atoms with Gasteiger partial charge in [-0.1, -0.05) is 18.2 Å². The van der Waals surface area contributed by atoms with Gasteiger partial charge in [-0.3, -0.25) is 4.79 Å². The van der Waals surface area contributed by atoms with Gasteiger partial charge < -0.3 is 15.4 Å². The summed E-state index contributed by atoms with van der Waals surface area (Å²) in [5, 5.41) is 0. The summed E-state index contributed by atoms with van der Waals surface area (Å²) in [7, 11) is 0. The molecule has 0 aromatic heterocycles. The fraction of sp³-hybridized carbons (Fsp3) is 0.235. The van der Waals surface area contributed by atoms with E-state index in [2.05, 4.69) is 0 Å². The number of hydrogen-bond acceptors (Lipinski definition) is 3. The van der Waals surface area contributed by atoms with E-state index in [1.54, 1.807) is 23.1 Å². The summed E-state index contributed by atoms with van der Waals surface area (Å²) in [6.07, 6.45) is 0. The van der Waals surface area contributed by atoms with Gasteiger partial charge in [-0.2, -0.15) is 0 Å². The van der Waals surface area contributed by atoms with Crippen LogP contribution in [0.1, 0.15) is 24.2 Å². The lowest BCUT2D eigenvalue weighted by Gasteiger charge is -2.19. The molecule has 0 aliphatic carbocycles. The Morgan fingerprint density at radius 3 is 2.33 bits per heavy atom. The number of carbonyl (C=O) groups excluding carboxylic acids is 1. The van der Waals surface area contributed by atoms with Gasteiger partial charge in [0.25, 0.3) is 5.91 Å². The van der Waals surface area contributed by atoms with Crippen LogP contribution < -0.4 is 10.5 Å². The molecule has 0 bridgehead atoms. The van der Waals surface area contributed by atoms with Gasteiger partial charge in [0.2, 0.25) is 0 Å². The zero-order valence-electron chi connectivity index (χ0n) is 12.4. The second-order valence-corrected chi connectivity index (χ2v) is 4.65. The molecular formula is C17H20N2O2. The van der Waals surface area contributed by atoms with Crippen LogP contribution in [0.3, 0.4) is 0 Å². The molecule has 2 rings (SSSR count). The number of nitrogen functional groups attached to an aromatic ring is 1. The van der Waals surface area contributed by atoms with Crippen molar-refractivity contribution in [3.8, 4) is 11.5 Å². The summed E-state index contributed by atoms with van der Waals surface area (Å²) in [5.41, 5.74) is 7.03. The molecule has 2 aromatic rings. The van der Waals surface area contributed by atoms with Crippen molar-refractivity contribution in [3.05, 3.63) is 54.1 Å². The maximum absolute atomic E-state index is 12.3. The molecule has 0 heterocycles. The molecule has 2 N–H and O–H groups in total. The third-order valence-corrected chi connectivity index (χ3v) is 3.28. The first-order valence-corrected chi connectivity index (χ1v) is 7.07. The number of nitrogens with two attached hydrogens (primary N) is 1. The highest BCUT2D eigenvalue weighted by Crippen LogP contribution is 2.28. The number of para-hydroxylation sites is 1. The molecule has 110 valence electrons. The van der Waals surface area contributed by atoms with E-state index < -0.39 is 0 Å². The molecule has 0 aliphatic heterocycles. The predicted octanol–water partition coefficient (Wildman–Crippen LogP) is 3.54. The fourth-order valence-corrected chi connectivity index (χ4v) is 2.08. The molecule has 4 nitrogen and oxygen atoms in total. The minimum absolute atomic E-state index is 0.0158. The highest BCUT2D eigenvalue weighted by Gasteiger charge is 2.14. The van der Waals surface area contributed by atoms with Crippen LogP contribution in [0, 0.1) is 0 Å². The molecule has 0 spiro atoms. The molecular weight excluding hydrogens is 264 g/mol. The third-order valence-electron chi connectivity index (χ3n) is 3.28. The molecule has 0 saturated heterocycles. The van der Waals surface area contributed by atoms with Crippen LogP contribution in [-0.2, 0) is 0 Å². The van der Waals surface area contributed by atoms with E-state index in [0.717, 1.165) is 0 Å². The Hall–Kier alpha value is -2.49. The molecule has 21 heavy (non-hydrogen) atoms. The number of hydrogen-bond donors (Lipinski definition) is 1. The summed E-state index contributed by atoms with van der Waals surface area (Å²) in [5.74, 6) is 1.25. The molecule has 2 aromatic carbocycles. The van der Waals surface area contributed by atoms with Crippen LogP contribution in [0.4, 0.5) is 5.69 Å². The number of ether oxygens (including phenoxy) is 1. The van der Waals surface area contributed by atoms with Gasteiger partial charge in [0, 0.05) is 18.7 Å². The number of carbonyl (C=O) groups is 1. The van der Waals surface area contributed by atoms with Crippen molar-refractivity contribution in [1.82, 2.24) is 4.90 Å². The second-order valence-electron chi connectivity index (χ2n) is 4.65. The summed E-state index contributed by atoms with van der Waals surface area (Å²) >= 11 is 0. The molecule has 0 saturated carbocycles. The van der Waals surface area contributed by atoms with Gasteiger partial charge in [-0.05, 0) is 44.2 Å². The van der Waals surface area contributed by atoms with E-state index >= 15 is 0 Å². The van der Waals surface area contributed by atoms with Crippen molar-refractivity contribution in [2.45, 2.75) is 13.8 Å². The number of rotatable bonds is 5. The van der Waals surface area contributed by atoms with Crippen LogP contribution in [0.2, 0.25) is 0 Å². The van der Waals surface area contributed by atoms with Crippen molar-refractivity contribution in [3.63, 3.8) is 0 Å². The Labute approximate surface area is 125 Å². The van der Waals surface area contributed by atoms with Crippen molar-refractivity contribution < 1.29 is 9.53 Å². The molecule has 0 atom stereocenters. The lowest BCUT2D eigenvalue weighted by molar-refractivity contribution is 0.0773. The SMILES string of the molecule is CCN(CC)C(=O)c1ccc(Oc2ccccc2)c(N)c1. The molecule has 0 aliphatic rings. The Morgan fingerprint density at radius 2 is 1.76 bits per heavy atom. The zero-order chi connectivity index (χ0) is 15.2. The smallest absolute Gasteiger partial charge is 0.253 e. The van der Waals surface area contributed by atoms with E-state index in [1.807, 2.05) is 44.2 Å². The predicted molar refractivity (Wildman–Crippen MR) is 84.6 cm³/mol. The van der Waals surface area contributed by atoms with Gasteiger partial charge in [0.15, 0.2) is 0 Å².